The van der Waals surface area contributed by atoms with Crippen LogP contribution in [0.2, 0.25) is 0 Å². The molecule has 2 heterocycles. The molecule has 32 heavy (non-hydrogen) atoms. The van der Waals surface area contributed by atoms with E-state index in [0.717, 1.165) is 22.8 Å². The molecule has 1 aliphatic carbocycles. The van der Waals surface area contributed by atoms with Gasteiger partial charge in [0.15, 0.2) is 5.82 Å². The number of aryl methyl sites for hydroxylation is 2. The van der Waals surface area contributed by atoms with Gasteiger partial charge in [-0.1, -0.05) is 46.8 Å². The molecule has 1 fully saturated rings. The van der Waals surface area contributed by atoms with Gasteiger partial charge in [-0.15, -0.1) is 0 Å². The highest BCUT2D eigenvalue weighted by Gasteiger charge is 2.34. The van der Waals surface area contributed by atoms with Crippen LogP contribution in [0.4, 0.5) is 5.82 Å². The zero-order valence-corrected chi connectivity index (χ0v) is 20.4. The number of aromatic amines is 2. The number of fused-ring (bicyclic) bond motifs is 2. The number of aromatic nitrogens is 4. The van der Waals surface area contributed by atoms with Crippen LogP contribution in [-0.4, -0.2) is 20.4 Å². The summed E-state index contributed by atoms with van der Waals surface area (Å²) in [5, 5.41) is 18.1. The van der Waals surface area contributed by atoms with E-state index in [9.17, 15) is 0 Å². The van der Waals surface area contributed by atoms with Crippen LogP contribution in [0, 0.1) is 13.8 Å². The monoisotopic (exact) mass is 429 g/mol. The molecule has 0 unspecified atom stereocenters. The molecule has 168 valence electrons. The van der Waals surface area contributed by atoms with Gasteiger partial charge in [0, 0.05) is 22.4 Å². The predicted octanol–water partition coefficient (Wildman–Crippen LogP) is 6.33. The number of hydrogen-bond acceptors (Lipinski definition) is 3. The summed E-state index contributed by atoms with van der Waals surface area (Å²) in [5.74, 6) is 1.22. The van der Waals surface area contributed by atoms with E-state index >= 15 is 0 Å². The quantitative estimate of drug-likeness (QED) is 0.354. The highest BCUT2D eigenvalue weighted by atomic mass is 15.2. The Labute approximate surface area is 190 Å². The molecule has 1 saturated carbocycles. The van der Waals surface area contributed by atoms with Crippen LogP contribution in [-0.2, 0) is 17.3 Å². The first kappa shape index (κ1) is 21.0. The Bertz CT molecular complexity index is 1340. The van der Waals surface area contributed by atoms with Gasteiger partial charge >= 0.3 is 0 Å². The van der Waals surface area contributed by atoms with Crippen molar-refractivity contribution >= 4 is 27.6 Å². The van der Waals surface area contributed by atoms with Crippen molar-refractivity contribution in [3.8, 4) is 0 Å². The van der Waals surface area contributed by atoms with Gasteiger partial charge in [-0.05, 0) is 77.8 Å². The van der Waals surface area contributed by atoms with Crippen LogP contribution in [0.3, 0.4) is 0 Å². The predicted molar refractivity (Wildman–Crippen MR) is 133 cm³/mol. The lowest BCUT2D eigenvalue weighted by atomic mass is 9.73. The van der Waals surface area contributed by atoms with Gasteiger partial charge in [0.2, 0.25) is 0 Å². The van der Waals surface area contributed by atoms with Gasteiger partial charge in [0.1, 0.15) is 0 Å². The third-order valence-electron chi connectivity index (χ3n) is 7.15. The van der Waals surface area contributed by atoms with Crippen molar-refractivity contribution in [3.63, 3.8) is 0 Å². The Hall–Kier alpha value is -2.82. The maximum absolute atomic E-state index is 6.38. The molecule has 4 aromatic rings. The van der Waals surface area contributed by atoms with Crippen molar-refractivity contribution in [2.75, 3.05) is 5.73 Å². The van der Waals surface area contributed by atoms with Crippen molar-refractivity contribution in [2.24, 2.45) is 0 Å². The second-order valence-corrected chi connectivity index (χ2v) is 11.5. The van der Waals surface area contributed by atoms with Gasteiger partial charge < -0.3 is 5.73 Å². The zero-order valence-electron chi connectivity index (χ0n) is 20.4. The second kappa shape index (κ2) is 6.84. The minimum Gasteiger partial charge on any atom is -0.382 e. The molecule has 0 atom stereocenters. The number of nitrogen functional groups attached to an aromatic ring is 1. The lowest BCUT2D eigenvalue weighted by Crippen LogP contribution is -2.23. The summed E-state index contributed by atoms with van der Waals surface area (Å²) in [7, 11) is 0. The van der Waals surface area contributed by atoms with Crippen LogP contribution in [0.1, 0.15) is 86.9 Å². The molecular formula is C27H35N5. The summed E-state index contributed by atoms with van der Waals surface area (Å²) in [5.41, 5.74) is 16.3. The Morgan fingerprint density at radius 3 is 2.31 bits per heavy atom. The van der Waals surface area contributed by atoms with Crippen LogP contribution in [0.5, 0.6) is 0 Å². The summed E-state index contributed by atoms with van der Waals surface area (Å²) < 4.78 is 0. The lowest BCUT2D eigenvalue weighted by Gasteiger charge is -2.30. The highest BCUT2D eigenvalue weighted by Crippen LogP contribution is 2.46. The first-order valence-corrected chi connectivity index (χ1v) is 11.7. The lowest BCUT2D eigenvalue weighted by molar-refractivity contribution is 0.524. The van der Waals surface area contributed by atoms with Gasteiger partial charge in [0.05, 0.1) is 11.0 Å². The van der Waals surface area contributed by atoms with Crippen molar-refractivity contribution in [1.82, 2.24) is 20.4 Å². The summed E-state index contributed by atoms with van der Waals surface area (Å²) in [6, 6.07) is 6.71. The van der Waals surface area contributed by atoms with Gasteiger partial charge in [-0.25, -0.2) is 0 Å². The van der Waals surface area contributed by atoms with E-state index in [4.69, 9.17) is 5.73 Å². The number of nitrogens with zero attached hydrogens (tertiary/aromatic N) is 2. The van der Waals surface area contributed by atoms with E-state index in [-0.39, 0.29) is 10.8 Å². The van der Waals surface area contributed by atoms with Crippen LogP contribution < -0.4 is 5.73 Å². The third kappa shape index (κ3) is 3.21. The van der Waals surface area contributed by atoms with Crippen molar-refractivity contribution in [3.05, 3.63) is 51.7 Å². The number of nitrogens with one attached hydrogen (secondary N) is 2. The fourth-order valence-corrected chi connectivity index (χ4v) is 5.89. The molecular weight excluding hydrogens is 394 g/mol. The maximum Gasteiger partial charge on any atom is 0.153 e. The van der Waals surface area contributed by atoms with E-state index in [1.165, 1.54) is 51.7 Å². The molecule has 0 amide bonds. The molecule has 0 saturated heterocycles. The molecule has 5 heteroatoms. The fraction of sp³-hybridized carbons (Fsp3) is 0.481. The normalized spacial score (nSPS) is 15.2. The molecule has 2 aromatic heterocycles. The Balaban J connectivity index is 1.69. The van der Waals surface area contributed by atoms with E-state index < -0.39 is 0 Å². The molecule has 0 radical (unpaired) electrons. The molecule has 1 aliphatic rings. The minimum atomic E-state index is -0.0837. The minimum absolute atomic E-state index is 0.00743. The highest BCUT2D eigenvalue weighted by molar-refractivity contribution is 5.96. The van der Waals surface area contributed by atoms with E-state index in [2.05, 4.69) is 87.1 Å². The summed E-state index contributed by atoms with van der Waals surface area (Å²) >= 11 is 0. The summed E-state index contributed by atoms with van der Waals surface area (Å²) in [6.45, 7) is 15.9. The number of nitrogens with two attached hydrogens (primary N) is 1. The Morgan fingerprint density at radius 2 is 1.66 bits per heavy atom. The molecule has 0 bridgehead atoms. The topological polar surface area (TPSA) is 83.4 Å². The summed E-state index contributed by atoms with van der Waals surface area (Å²) in [6.07, 6.45) is 3.41. The molecule has 4 N–H and O–H groups in total. The molecule has 5 rings (SSSR count). The average molecular weight is 430 g/mol. The van der Waals surface area contributed by atoms with Crippen molar-refractivity contribution < 1.29 is 0 Å². The largest absolute Gasteiger partial charge is 0.382 e. The first-order valence-electron chi connectivity index (χ1n) is 11.7. The average Bonchev–Trinajstić information content (AvgIpc) is 3.33. The molecule has 2 aromatic carbocycles. The third-order valence-corrected chi connectivity index (χ3v) is 7.15. The number of rotatable bonds is 4. The number of benzene rings is 2. The zero-order chi connectivity index (χ0) is 23.0. The van der Waals surface area contributed by atoms with Gasteiger partial charge in [-0.2, -0.15) is 10.2 Å². The number of anilines is 1. The van der Waals surface area contributed by atoms with Crippen LogP contribution >= 0.6 is 0 Å². The standard InChI is InChI=1S/C27H35N5/c1-14-8-11-18-19(23(30-29-18)16-9-10-16)22(14)27(6,7)13-17-12-15(2)21(26(3,4)5)20-24(17)31-32-25(20)28/h8,11-12,16H,9-10,13H2,1-7H3,(H,29,30)(H3,28,31,32). The second-order valence-electron chi connectivity index (χ2n) is 11.5. The molecule has 0 aliphatic heterocycles. The summed E-state index contributed by atoms with van der Waals surface area (Å²) in [4.78, 5) is 0. The Morgan fingerprint density at radius 1 is 0.938 bits per heavy atom. The van der Waals surface area contributed by atoms with Gasteiger partial charge in [0.25, 0.3) is 0 Å². The van der Waals surface area contributed by atoms with E-state index in [0.29, 0.717) is 11.7 Å². The fourth-order valence-electron chi connectivity index (χ4n) is 5.89. The van der Waals surface area contributed by atoms with E-state index in [1.807, 2.05) is 0 Å². The SMILES string of the molecule is Cc1ccc2n[nH]c(C3CC3)c2c1C(C)(C)Cc1cc(C)c(C(C)(C)C)c2c(N)n[nH]c12. The molecule has 0 spiro atoms. The number of hydrogen-bond donors (Lipinski definition) is 3. The van der Waals surface area contributed by atoms with Crippen LogP contribution in [0.15, 0.2) is 18.2 Å². The van der Waals surface area contributed by atoms with Crippen molar-refractivity contribution in [1.29, 1.82) is 0 Å². The van der Waals surface area contributed by atoms with Gasteiger partial charge in [-0.3, -0.25) is 10.2 Å². The maximum atomic E-state index is 6.38. The van der Waals surface area contributed by atoms with E-state index in [1.54, 1.807) is 0 Å². The van der Waals surface area contributed by atoms with Crippen molar-refractivity contribution in [2.45, 2.75) is 84.5 Å². The number of H-pyrrole nitrogens is 2. The first-order chi connectivity index (χ1) is 15.0. The smallest absolute Gasteiger partial charge is 0.153 e. The Kier molecular flexibility index (Phi) is 4.50. The van der Waals surface area contributed by atoms with Crippen LogP contribution in [0.25, 0.3) is 21.8 Å². The molecule has 5 nitrogen and oxygen atoms in total.